The molecule has 2 aromatic rings. The third-order valence-electron chi connectivity index (χ3n) is 4.35. The molecule has 130 valence electrons. The molecule has 2 aromatic heterocycles. The molecule has 1 saturated carbocycles. The number of urea groups is 1. The van der Waals surface area contributed by atoms with E-state index in [1.165, 1.54) is 6.42 Å². The summed E-state index contributed by atoms with van der Waals surface area (Å²) in [5.74, 6) is 4.51. The first-order valence-corrected chi connectivity index (χ1v) is 8.63. The highest BCUT2D eigenvalue weighted by Crippen LogP contribution is 2.47. The van der Waals surface area contributed by atoms with Crippen LogP contribution in [0.4, 0.5) is 4.79 Å². The van der Waals surface area contributed by atoms with Gasteiger partial charge in [0.2, 0.25) is 0 Å². The minimum absolute atomic E-state index is 0.216. The lowest BCUT2D eigenvalue weighted by molar-refractivity contribution is 0.238. The van der Waals surface area contributed by atoms with Gasteiger partial charge in [-0.25, -0.2) is 9.78 Å². The number of imidazole rings is 1. The van der Waals surface area contributed by atoms with Crippen LogP contribution in [0, 0.1) is 11.8 Å². The molecular formula is C18H26N4O2. The number of amides is 2. The summed E-state index contributed by atoms with van der Waals surface area (Å²) in [4.78, 5) is 16.2. The van der Waals surface area contributed by atoms with Crippen LogP contribution in [0.15, 0.2) is 28.9 Å². The number of hydrogen-bond acceptors (Lipinski definition) is 3. The quantitative estimate of drug-likeness (QED) is 0.818. The number of carbonyl (C=O) groups excluding carboxylic acids is 1. The number of nitrogens with zero attached hydrogens (tertiary/aromatic N) is 2. The van der Waals surface area contributed by atoms with Crippen molar-refractivity contribution in [3.63, 3.8) is 0 Å². The molecule has 1 aliphatic rings. The van der Waals surface area contributed by atoms with Crippen molar-refractivity contribution in [2.75, 3.05) is 0 Å². The molecule has 0 aliphatic heterocycles. The number of furan rings is 1. The Bertz CT molecular complexity index is 689. The van der Waals surface area contributed by atoms with Crippen molar-refractivity contribution in [3.05, 3.63) is 41.9 Å². The lowest BCUT2D eigenvalue weighted by Gasteiger charge is -2.11. The van der Waals surface area contributed by atoms with E-state index in [0.29, 0.717) is 24.9 Å². The summed E-state index contributed by atoms with van der Waals surface area (Å²) < 4.78 is 7.85. The fourth-order valence-corrected chi connectivity index (χ4v) is 2.86. The van der Waals surface area contributed by atoms with Crippen LogP contribution in [0.3, 0.4) is 0 Å². The fraction of sp³-hybridized carbons (Fsp3) is 0.556. The molecule has 2 heterocycles. The number of hydrogen-bond donors (Lipinski definition) is 2. The van der Waals surface area contributed by atoms with Crippen LogP contribution in [0.1, 0.15) is 50.5 Å². The van der Waals surface area contributed by atoms with E-state index in [-0.39, 0.29) is 6.03 Å². The summed E-state index contributed by atoms with van der Waals surface area (Å²) in [5.41, 5.74) is 0. The SMILES string of the molecule is CC(C)Cn1ccnc1CNC(=O)NCc1ccc([C@@H]2C[C@H]2C)o1. The van der Waals surface area contributed by atoms with Gasteiger partial charge in [-0.1, -0.05) is 20.8 Å². The Morgan fingerprint density at radius 3 is 2.83 bits per heavy atom. The van der Waals surface area contributed by atoms with Crippen molar-refractivity contribution >= 4 is 6.03 Å². The number of rotatable bonds is 7. The van der Waals surface area contributed by atoms with E-state index in [1.807, 2.05) is 18.3 Å². The van der Waals surface area contributed by atoms with Gasteiger partial charge in [-0.3, -0.25) is 0 Å². The van der Waals surface area contributed by atoms with Crippen LogP contribution in [0.25, 0.3) is 0 Å². The third-order valence-corrected chi connectivity index (χ3v) is 4.35. The molecule has 1 fully saturated rings. The molecule has 1 aliphatic carbocycles. The molecule has 2 atom stereocenters. The van der Waals surface area contributed by atoms with Crippen molar-refractivity contribution in [1.29, 1.82) is 0 Å². The van der Waals surface area contributed by atoms with E-state index < -0.39 is 0 Å². The summed E-state index contributed by atoms with van der Waals surface area (Å²) in [6.45, 7) is 8.24. The van der Waals surface area contributed by atoms with E-state index in [0.717, 1.165) is 29.8 Å². The first-order valence-electron chi connectivity index (χ1n) is 8.63. The van der Waals surface area contributed by atoms with Gasteiger partial charge in [-0.2, -0.15) is 0 Å². The summed E-state index contributed by atoms with van der Waals surface area (Å²) in [6.07, 6.45) is 4.91. The molecule has 6 nitrogen and oxygen atoms in total. The van der Waals surface area contributed by atoms with Crippen molar-refractivity contribution < 1.29 is 9.21 Å². The zero-order valence-electron chi connectivity index (χ0n) is 14.6. The summed E-state index contributed by atoms with van der Waals surface area (Å²) in [5, 5.41) is 5.67. The van der Waals surface area contributed by atoms with Crippen LogP contribution < -0.4 is 10.6 Å². The second kappa shape index (κ2) is 7.11. The zero-order chi connectivity index (χ0) is 17.1. The Labute approximate surface area is 142 Å². The van der Waals surface area contributed by atoms with Crippen molar-refractivity contribution in [2.24, 2.45) is 11.8 Å². The van der Waals surface area contributed by atoms with Crippen LogP contribution in [0.2, 0.25) is 0 Å². The first kappa shape index (κ1) is 16.6. The van der Waals surface area contributed by atoms with Gasteiger partial charge in [0.15, 0.2) is 0 Å². The Hall–Kier alpha value is -2.24. The number of aromatic nitrogens is 2. The van der Waals surface area contributed by atoms with E-state index in [9.17, 15) is 4.79 Å². The second-order valence-corrected chi connectivity index (χ2v) is 7.05. The Morgan fingerprint density at radius 2 is 2.12 bits per heavy atom. The highest BCUT2D eigenvalue weighted by atomic mass is 16.3. The van der Waals surface area contributed by atoms with Gasteiger partial charge in [0, 0.05) is 24.9 Å². The fourth-order valence-electron chi connectivity index (χ4n) is 2.86. The molecular weight excluding hydrogens is 304 g/mol. The summed E-state index contributed by atoms with van der Waals surface area (Å²) >= 11 is 0. The molecule has 2 N–H and O–H groups in total. The predicted molar refractivity (Wildman–Crippen MR) is 91.4 cm³/mol. The van der Waals surface area contributed by atoms with E-state index in [2.05, 4.69) is 41.0 Å². The molecule has 0 saturated heterocycles. The smallest absolute Gasteiger partial charge is 0.315 e. The lowest BCUT2D eigenvalue weighted by atomic mass is 10.2. The van der Waals surface area contributed by atoms with Gasteiger partial charge < -0.3 is 19.6 Å². The molecule has 2 amide bonds. The Morgan fingerprint density at radius 1 is 1.38 bits per heavy atom. The van der Waals surface area contributed by atoms with Gasteiger partial charge in [0.05, 0.1) is 13.1 Å². The average molecular weight is 330 g/mol. The van der Waals surface area contributed by atoms with Crippen LogP contribution in [-0.4, -0.2) is 15.6 Å². The molecule has 0 unspecified atom stereocenters. The molecule has 0 radical (unpaired) electrons. The number of nitrogens with one attached hydrogen (secondary N) is 2. The highest BCUT2D eigenvalue weighted by molar-refractivity contribution is 5.73. The van der Waals surface area contributed by atoms with E-state index in [4.69, 9.17) is 4.42 Å². The second-order valence-electron chi connectivity index (χ2n) is 7.05. The molecule has 3 rings (SSSR count). The monoisotopic (exact) mass is 330 g/mol. The van der Waals surface area contributed by atoms with Crippen molar-refractivity contribution in [3.8, 4) is 0 Å². The van der Waals surface area contributed by atoms with Crippen molar-refractivity contribution in [2.45, 2.75) is 52.7 Å². The molecule has 24 heavy (non-hydrogen) atoms. The van der Waals surface area contributed by atoms with Gasteiger partial charge in [-0.15, -0.1) is 0 Å². The third kappa shape index (κ3) is 4.19. The van der Waals surface area contributed by atoms with E-state index in [1.54, 1.807) is 6.20 Å². The van der Waals surface area contributed by atoms with Crippen molar-refractivity contribution in [1.82, 2.24) is 20.2 Å². The predicted octanol–water partition coefficient (Wildman–Crippen LogP) is 3.25. The molecule has 0 bridgehead atoms. The summed E-state index contributed by atoms with van der Waals surface area (Å²) in [6, 6.07) is 3.74. The van der Waals surface area contributed by atoms with Gasteiger partial charge in [0.1, 0.15) is 17.3 Å². The normalized spacial score (nSPS) is 19.5. The minimum Gasteiger partial charge on any atom is -0.464 e. The standard InChI is InChI=1S/C18H26N4O2/c1-12(2)11-22-7-6-19-17(22)10-21-18(23)20-9-14-4-5-16(24-14)15-8-13(15)3/h4-7,12-13,15H,8-11H2,1-3H3,(H2,20,21,23)/t13-,15-/m1/s1. The zero-order valence-corrected chi connectivity index (χ0v) is 14.6. The Kier molecular flexibility index (Phi) is 4.92. The van der Waals surface area contributed by atoms with Gasteiger partial charge in [0.25, 0.3) is 0 Å². The molecule has 0 spiro atoms. The maximum absolute atomic E-state index is 11.9. The minimum atomic E-state index is -0.216. The average Bonchev–Trinajstić information content (AvgIpc) is 2.94. The summed E-state index contributed by atoms with van der Waals surface area (Å²) in [7, 11) is 0. The molecule has 6 heteroatoms. The molecule has 0 aromatic carbocycles. The van der Waals surface area contributed by atoms with Crippen LogP contribution in [-0.2, 0) is 19.6 Å². The largest absolute Gasteiger partial charge is 0.464 e. The van der Waals surface area contributed by atoms with Gasteiger partial charge in [-0.05, 0) is 30.4 Å². The first-order chi connectivity index (χ1) is 11.5. The Balaban J connectivity index is 1.43. The highest BCUT2D eigenvalue weighted by Gasteiger charge is 2.36. The van der Waals surface area contributed by atoms with E-state index >= 15 is 0 Å². The van der Waals surface area contributed by atoms with Gasteiger partial charge >= 0.3 is 6.03 Å². The maximum Gasteiger partial charge on any atom is 0.315 e. The topological polar surface area (TPSA) is 72.1 Å². The van der Waals surface area contributed by atoms with Crippen LogP contribution >= 0.6 is 0 Å². The maximum atomic E-state index is 11.9. The lowest BCUT2D eigenvalue weighted by Crippen LogP contribution is -2.35. The van der Waals surface area contributed by atoms with Crippen LogP contribution in [0.5, 0.6) is 0 Å². The number of carbonyl (C=O) groups is 1.